The minimum atomic E-state index is -1.17. The molecule has 1 aliphatic heterocycles. The summed E-state index contributed by atoms with van der Waals surface area (Å²) in [5, 5.41) is 18.6. The monoisotopic (exact) mass is 404 g/mol. The molecule has 0 aromatic heterocycles. The third-order valence-electron chi connectivity index (χ3n) is 5.16. The summed E-state index contributed by atoms with van der Waals surface area (Å²) in [5.74, 6) is -1.82. The second-order valence-electron chi connectivity index (χ2n) is 7.80. The summed E-state index contributed by atoms with van der Waals surface area (Å²) >= 11 is 0. The van der Waals surface area contributed by atoms with E-state index in [2.05, 4.69) is 16.0 Å². The highest BCUT2D eigenvalue weighted by Crippen LogP contribution is 2.24. The van der Waals surface area contributed by atoms with Gasteiger partial charge in [-0.1, -0.05) is 38.1 Å². The molecule has 29 heavy (non-hydrogen) atoms. The molecule has 0 saturated carbocycles. The molecule has 1 heterocycles. The summed E-state index contributed by atoms with van der Waals surface area (Å²) in [6.07, 6.45) is -0.832. The van der Waals surface area contributed by atoms with Crippen molar-refractivity contribution in [2.75, 3.05) is 13.1 Å². The molecule has 1 aromatic carbocycles. The number of nitrogens with one attached hydrogen (secondary N) is 3. The van der Waals surface area contributed by atoms with Gasteiger partial charge in [-0.05, 0) is 31.0 Å². The van der Waals surface area contributed by atoms with Crippen molar-refractivity contribution in [2.45, 2.75) is 57.8 Å². The molecule has 2 rings (SSSR count). The molecule has 2 unspecified atom stereocenters. The molecule has 0 radical (unpaired) electrons. The smallest absolute Gasteiger partial charge is 0.245 e. The summed E-state index contributed by atoms with van der Waals surface area (Å²) in [4.78, 5) is 38.0. The Balaban J connectivity index is 2.12. The van der Waals surface area contributed by atoms with Crippen molar-refractivity contribution in [1.82, 2.24) is 16.0 Å². The number of aliphatic hydroxyl groups excluding tert-OH is 1. The van der Waals surface area contributed by atoms with Gasteiger partial charge in [-0.3, -0.25) is 14.4 Å². The lowest BCUT2D eigenvalue weighted by atomic mass is 9.90. The number of fused-ring (bicyclic) bond motifs is 1. The number of rotatable bonds is 9. The van der Waals surface area contributed by atoms with Crippen molar-refractivity contribution in [3.8, 4) is 0 Å². The van der Waals surface area contributed by atoms with Crippen molar-refractivity contribution in [3.05, 3.63) is 35.4 Å². The Morgan fingerprint density at radius 3 is 2.52 bits per heavy atom. The fourth-order valence-corrected chi connectivity index (χ4v) is 3.51. The molecular weight excluding hydrogens is 372 g/mol. The molecule has 0 bridgehead atoms. The topological polar surface area (TPSA) is 134 Å². The Bertz CT molecular complexity index is 735. The van der Waals surface area contributed by atoms with Crippen LogP contribution in [0, 0.1) is 5.92 Å². The first-order valence-electron chi connectivity index (χ1n) is 10.1. The fraction of sp³-hybridized carbons (Fsp3) is 0.571. The molecule has 0 fully saturated rings. The average molecular weight is 405 g/mol. The third kappa shape index (κ3) is 5.85. The summed E-state index contributed by atoms with van der Waals surface area (Å²) in [6, 6.07) is 5.72. The van der Waals surface area contributed by atoms with Crippen molar-refractivity contribution in [1.29, 1.82) is 0 Å². The van der Waals surface area contributed by atoms with E-state index in [4.69, 9.17) is 5.73 Å². The van der Waals surface area contributed by atoms with Gasteiger partial charge in [-0.2, -0.15) is 0 Å². The number of amides is 2. The molecule has 6 N–H and O–H groups in total. The maximum Gasteiger partial charge on any atom is 0.245 e. The van der Waals surface area contributed by atoms with Gasteiger partial charge < -0.3 is 26.8 Å². The molecule has 0 aliphatic carbocycles. The van der Waals surface area contributed by atoms with Gasteiger partial charge in [0, 0.05) is 19.0 Å². The molecule has 0 spiro atoms. The minimum Gasteiger partial charge on any atom is -0.391 e. The molecule has 8 nitrogen and oxygen atoms in total. The lowest BCUT2D eigenvalue weighted by Gasteiger charge is -2.29. The Hall–Kier alpha value is -2.29. The second kappa shape index (κ2) is 10.5. The first-order valence-corrected chi connectivity index (χ1v) is 10.1. The largest absolute Gasteiger partial charge is 0.391 e. The van der Waals surface area contributed by atoms with E-state index in [1.54, 1.807) is 13.8 Å². The second-order valence-corrected chi connectivity index (χ2v) is 7.80. The number of nitrogens with two attached hydrogens (primary N) is 1. The van der Waals surface area contributed by atoms with E-state index >= 15 is 0 Å². The molecule has 2 amide bonds. The first kappa shape index (κ1) is 23.0. The molecule has 4 atom stereocenters. The minimum absolute atomic E-state index is 0.134. The van der Waals surface area contributed by atoms with Gasteiger partial charge >= 0.3 is 0 Å². The number of Topliss-reactive ketones (excluding diaryl/α,β-unsaturated/α-hetero) is 1. The fourth-order valence-electron chi connectivity index (χ4n) is 3.51. The Morgan fingerprint density at radius 1 is 1.21 bits per heavy atom. The Morgan fingerprint density at radius 2 is 1.90 bits per heavy atom. The van der Waals surface area contributed by atoms with E-state index in [9.17, 15) is 19.5 Å². The van der Waals surface area contributed by atoms with Gasteiger partial charge in [0.2, 0.25) is 11.8 Å². The normalized spacial score (nSPS) is 19.0. The quantitative estimate of drug-likeness (QED) is 0.387. The van der Waals surface area contributed by atoms with E-state index in [1.807, 2.05) is 24.3 Å². The highest BCUT2D eigenvalue weighted by Gasteiger charge is 2.33. The number of hydrogen-bond donors (Lipinski definition) is 5. The number of carbonyl (C=O) groups is 3. The summed E-state index contributed by atoms with van der Waals surface area (Å²) in [6.45, 7) is 6.29. The van der Waals surface area contributed by atoms with Crippen LogP contribution in [0.1, 0.15) is 44.2 Å². The van der Waals surface area contributed by atoms with Crippen LogP contribution in [-0.2, 0) is 20.9 Å². The number of aliphatic hydroxyl groups is 1. The Kier molecular flexibility index (Phi) is 8.31. The highest BCUT2D eigenvalue weighted by atomic mass is 16.3. The van der Waals surface area contributed by atoms with Crippen LogP contribution in [0.2, 0.25) is 0 Å². The van der Waals surface area contributed by atoms with E-state index in [-0.39, 0.29) is 24.2 Å². The van der Waals surface area contributed by atoms with Gasteiger partial charge in [0.25, 0.3) is 0 Å². The lowest BCUT2D eigenvalue weighted by Crippen LogP contribution is -2.57. The van der Waals surface area contributed by atoms with Crippen LogP contribution in [0.25, 0.3) is 0 Å². The van der Waals surface area contributed by atoms with Crippen LogP contribution in [-0.4, -0.2) is 54.0 Å². The molecule has 160 valence electrons. The standard InChI is InChI=1S/C21H32N4O4/c1-12(2)19(27)17(8-9-22)24-21(29)18(13(3)26)25-20(28)16-11-23-10-14-6-4-5-7-15(14)16/h4-7,12-13,16-18,23,26H,8-11,22H2,1-3H3,(H,24,29)(H,25,28)/t13?,16?,17-,18-/m0/s1. The summed E-state index contributed by atoms with van der Waals surface area (Å²) in [7, 11) is 0. The van der Waals surface area contributed by atoms with Gasteiger partial charge in [0.1, 0.15) is 6.04 Å². The Labute approximate surface area is 171 Å². The van der Waals surface area contributed by atoms with Crippen molar-refractivity contribution >= 4 is 17.6 Å². The van der Waals surface area contributed by atoms with Crippen LogP contribution >= 0.6 is 0 Å². The van der Waals surface area contributed by atoms with Crippen LogP contribution in [0.4, 0.5) is 0 Å². The van der Waals surface area contributed by atoms with Crippen LogP contribution in [0.3, 0.4) is 0 Å². The third-order valence-corrected chi connectivity index (χ3v) is 5.16. The van der Waals surface area contributed by atoms with Crippen molar-refractivity contribution in [2.24, 2.45) is 11.7 Å². The summed E-state index contributed by atoms with van der Waals surface area (Å²) in [5.41, 5.74) is 7.51. The molecule has 1 aliphatic rings. The SMILES string of the molecule is CC(C)C(=O)[C@H](CCN)NC(=O)[C@@H](NC(=O)C1CNCc2ccccc21)C(C)O. The van der Waals surface area contributed by atoms with Crippen LogP contribution in [0.15, 0.2) is 24.3 Å². The van der Waals surface area contributed by atoms with E-state index in [1.165, 1.54) is 6.92 Å². The van der Waals surface area contributed by atoms with E-state index in [0.717, 1.165) is 11.1 Å². The maximum atomic E-state index is 12.9. The van der Waals surface area contributed by atoms with E-state index < -0.39 is 30.0 Å². The lowest BCUT2D eigenvalue weighted by molar-refractivity contribution is -0.135. The van der Waals surface area contributed by atoms with Gasteiger partial charge in [-0.25, -0.2) is 0 Å². The zero-order valence-electron chi connectivity index (χ0n) is 17.3. The number of carbonyl (C=O) groups excluding carboxylic acids is 3. The van der Waals surface area contributed by atoms with Gasteiger partial charge in [0.05, 0.1) is 18.1 Å². The molecule has 1 aromatic rings. The van der Waals surface area contributed by atoms with Gasteiger partial charge in [-0.15, -0.1) is 0 Å². The zero-order chi connectivity index (χ0) is 21.6. The van der Waals surface area contributed by atoms with Crippen molar-refractivity contribution < 1.29 is 19.5 Å². The number of benzene rings is 1. The summed E-state index contributed by atoms with van der Waals surface area (Å²) < 4.78 is 0. The molecule has 0 saturated heterocycles. The molecule has 8 heteroatoms. The molecular formula is C21H32N4O4. The average Bonchev–Trinajstić information content (AvgIpc) is 2.70. The highest BCUT2D eigenvalue weighted by molar-refractivity contribution is 5.95. The number of ketones is 1. The first-order chi connectivity index (χ1) is 13.8. The van der Waals surface area contributed by atoms with E-state index in [0.29, 0.717) is 19.5 Å². The van der Waals surface area contributed by atoms with Gasteiger partial charge in [0.15, 0.2) is 5.78 Å². The van der Waals surface area contributed by atoms with Crippen molar-refractivity contribution in [3.63, 3.8) is 0 Å². The maximum absolute atomic E-state index is 12.9. The van der Waals surface area contributed by atoms with Crippen LogP contribution < -0.4 is 21.7 Å². The number of hydrogen-bond acceptors (Lipinski definition) is 6. The van der Waals surface area contributed by atoms with Crippen LogP contribution in [0.5, 0.6) is 0 Å². The predicted molar refractivity (Wildman–Crippen MR) is 110 cm³/mol. The zero-order valence-corrected chi connectivity index (χ0v) is 17.3. The predicted octanol–water partition coefficient (Wildman–Crippen LogP) is -0.202.